The number of hydrazine groups is 1. The van der Waals surface area contributed by atoms with E-state index in [0.717, 1.165) is 0 Å². The summed E-state index contributed by atoms with van der Waals surface area (Å²) in [7, 11) is 0. The summed E-state index contributed by atoms with van der Waals surface area (Å²) in [5, 5.41) is 0. The largest absolute Gasteiger partial charge is 0.466 e. The molecule has 2 saturated heterocycles. The zero-order chi connectivity index (χ0) is 15.4. The van der Waals surface area contributed by atoms with Gasteiger partial charge in [-0.3, -0.25) is 30.0 Å². The second-order valence-electron chi connectivity index (χ2n) is 5.17. The first-order valence-electron chi connectivity index (χ1n) is 7.07. The van der Waals surface area contributed by atoms with Crippen LogP contribution in [0.2, 0.25) is 0 Å². The topological polar surface area (TPSA) is 105 Å². The Bertz CT molecular complexity index is 449. The Morgan fingerprint density at radius 2 is 1.95 bits per heavy atom. The first-order valence-corrected chi connectivity index (χ1v) is 7.07. The van der Waals surface area contributed by atoms with Gasteiger partial charge in [-0.25, -0.2) is 0 Å². The van der Waals surface area contributed by atoms with E-state index in [4.69, 9.17) is 4.74 Å². The van der Waals surface area contributed by atoms with Crippen LogP contribution in [-0.4, -0.2) is 48.3 Å². The second-order valence-corrected chi connectivity index (χ2v) is 5.17. The fourth-order valence-corrected chi connectivity index (χ4v) is 2.56. The van der Waals surface area contributed by atoms with Gasteiger partial charge in [0.15, 0.2) is 0 Å². The predicted molar refractivity (Wildman–Crippen MR) is 70.3 cm³/mol. The van der Waals surface area contributed by atoms with Gasteiger partial charge in [0.2, 0.25) is 5.91 Å². The minimum absolute atomic E-state index is 0.173. The number of nitrogens with one attached hydrogen (secondary N) is 2. The third-order valence-corrected chi connectivity index (χ3v) is 3.71. The number of ether oxygens (including phenoxy) is 1. The SMILES string of the molecule is CCOC(=O)C1CCCN(C(=O)CC2C(=O)NNC2=O)C1. The number of hydrogen-bond acceptors (Lipinski definition) is 5. The van der Waals surface area contributed by atoms with E-state index in [1.54, 1.807) is 6.92 Å². The summed E-state index contributed by atoms with van der Waals surface area (Å²) in [5.74, 6) is -2.89. The number of amides is 3. The molecule has 0 radical (unpaired) electrons. The van der Waals surface area contributed by atoms with E-state index in [1.165, 1.54) is 4.90 Å². The van der Waals surface area contributed by atoms with Crippen molar-refractivity contribution in [3.63, 3.8) is 0 Å². The lowest BCUT2D eigenvalue weighted by atomic mass is 9.96. The van der Waals surface area contributed by atoms with E-state index in [2.05, 4.69) is 10.9 Å². The van der Waals surface area contributed by atoms with Gasteiger partial charge in [0.05, 0.1) is 12.5 Å². The second kappa shape index (κ2) is 6.55. The van der Waals surface area contributed by atoms with Crippen molar-refractivity contribution in [2.75, 3.05) is 19.7 Å². The Morgan fingerprint density at radius 3 is 2.57 bits per heavy atom. The molecule has 0 spiro atoms. The number of carbonyl (C=O) groups is 4. The summed E-state index contributed by atoms with van der Waals surface area (Å²) in [6, 6.07) is 0. The Morgan fingerprint density at radius 1 is 1.29 bits per heavy atom. The van der Waals surface area contributed by atoms with Gasteiger partial charge in [0, 0.05) is 19.5 Å². The van der Waals surface area contributed by atoms with Gasteiger partial charge in [-0.1, -0.05) is 0 Å². The number of piperidine rings is 1. The molecular weight excluding hydrogens is 278 g/mol. The molecule has 0 saturated carbocycles. The monoisotopic (exact) mass is 297 g/mol. The fourth-order valence-electron chi connectivity index (χ4n) is 2.56. The van der Waals surface area contributed by atoms with Crippen LogP contribution >= 0.6 is 0 Å². The molecule has 1 atom stereocenters. The molecule has 0 aromatic rings. The van der Waals surface area contributed by atoms with Gasteiger partial charge in [0.25, 0.3) is 11.8 Å². The van der Waals surface area contributed by atoms with E-state index in [1.807, 2.05) is 0 Å². The van der Waals surface area contributed by atoms with Crippen molar-refractivity contribution in [2.45, 2.75) is 26.2 Å². The lowest BCUT2D eigenvalue weighted by Gasteiger charge is -2.31. The van der Waals surface area contributed by atoms with Gasteiger partial charge < -0.3 is 9.64 Å². The van der Waals surface area contributed by atoms with Crippen molar-refractivity contribution in [3.05, 3.63) is 0 Å². The van der Waals surface area contributed by atoms with Gasteiger partial charge in [-0.05, 0) is 19.8 Å². The molecule has 0 aromatic heterocycles. The van der Waals surface area contributed by atoms with Crippen molar-refractivity contribution >= 4 is 23.7 Å². The average molecular weight is 297 g/mol. The van der Waals surface area contributed by atoms with E-state index in [9.17, 15) is 19.2 Å². The van der Waals surface area contributed by atoms with Crippen LogP contribution < -0.4 is 10.9 Å². The van der Waals surface area contributed by atoms with Gasteiger partial charge in [-0.15, -0.1) is 0 Å². The Balaban J connectivity index is 1.91. The molecule has 8 heteroatoms. The molecule has 21 heavy (non-hydrogen) atoms. The minimum atomic E-state index is -0.986. The summed E-state index contributed by atoms with van der Waals surface area (Å²) in [4.78, 5) is 48.3. The van der Waals surface area contributed by atoms with Crippen molar-refractivity contribution in [2.24, 2.45) is 11.8 Å². The first kappa shape index (κ1) is 15.3. The zero-order valence-corrected chi connectivity index (χ0v) is 11.9. The molecule has 0 aromatic carbocycles. The standard InChI is InChI=1S/C13H19N3O5/c1-2-21-13(20)8-4-3-5-16(7-8)10(17)6-9-11(18)14-15-12(9)19/h8-9H,2-7H2,1H3,(H,14,18)(H,15,19). The smallest absolute Gasteiger partial charge is 0.310 e. The quantitative estimate of drug-likeness (QED) is 0.509. The summed E-state index contributed by atoms with van der Waals surface area (Å²) in [6.07, 6.45) is 1.22. The molecular formula is C13H19N3O5. The first-order chi connectivity index (χ1) is 10.0. The average Bonchev–Trinajstić information content (AvgIpc) is 2.79. The Labute approximate surface area is 122 Å². The molecule has 3 amide bonds. The van der Waals surface area contributed by atoms with Crippen LogP contribution in [0, 0.1) is 11.8 Å². The van der Waals surface area contributed by atoms with Crippen LogP contribution in [0.4, 0.5) is 0 Å². The molecule has 116 valence electrons. The van der Waals surface area contributed by atoms with Crippen molar-refractivity contribution in [3.8, 4) is 0 Å². The van der Waals surface area contributed by atoms with Gasteiger partial charge in [0.1, 0.15) is 5.92 Å². The summed E-state index contributed by atoms with van der Waals surface area (Å²) in [6.45, 7) is 2.87. The number of rotatable bonds is 4. The van der Waals surface area contributed by atoms with E-state index in [0.29, 0.717) is 26.0 Å². The van der Waals surface area contributed by atoms with Crippen LogP contribution in [0.3, 0.4) is 0 Å². The van der Waals surface area contributed by atoms with Crippen LogP contribution in [0.25, 0.3) is 0 Å². The summed E-state index contributed by atoms with van der Waals surface area (Å²) >= 11 is 0. The normalized spacial score (nSPS) is 22.7. The summed E-state index contributed by atoms with van der Waals surface area (Å²) in [5.41, 5.74) is 4.38. The maximum Gasteiger partial charge on any atom is 0.310 e. The van der Waals surface area contributed by atoms with E-state index in [-0.39, 0.29) is 30.8 Å². The highest BCUT2D eigenvalue weighted by Crippen LogP contribution is 2.20. The molecule has 0 aliphatic carbocycles. The van der Waals surface area contributed by atoms with Crippen molar-refractivity contribution in [1.82, 2.24) is 15.8 Å². The number of likely N-dealkylation sites (tertiary alicyclic amines) is 1. The third kappa shape index (κ3) is 3.50. The number of esters is 1. The molecule has 1 unspecified atom stereocenters. The number of nitrogens with zero attached hydrogens (tertiary/aromatic N) is 1. The van der Waals surface area contributed by atoms with Gasteiger partial charge in [-0.2, -0.15) is 0 Å². The molecule has 2 fully saturated rings. The van der Waals surface area contributed by atoms with Crippen LogP contribution in [0.15, 0.2) is 0 Å². The molecule has 2 rings (SSSR count). The van der Waals surface area contributed by atoms with Crippen molar-refractivity contribution in [1.29, 1.82) is 0 Å². The Kier molecular flexibility index (Phi) is 4.77. The minimum Gasteiger partial charge on any atom is -0.466 e. The third-order valence-electron chi connectivity index (χ3n) is 3.71. The highest BCUT2D eigenvalue weighted by atomic mass is 16.5. The lowest BCUT2D eigenvalue weighted by molar-refractivity contribution is -0.152. The van der Waals surface area contributed by atoms with E-state index < -0.39 is 17.7 Å². The van der Waals surface area contributed by atoms with Crippen molar-refractivity contribution < 1.29 is 23.9 Å². The highest BCUT2D eigenvalue weighted by molar-refractivity contribution is 6.07. The zero-order valence-electron chi connectivity index (χ0n) is 11.9. The highest BCUT2D eigenvalue weighted by Gasteiger charge is 2.37. The molecule has 2 N–H and O–H groups in total. The lowest BCUT2D eigenvalue weighted by Crippen LogP contribution is -2.44. The molecule has 0 bridgehead atoms. The molecule has 2 aliphatic rings. The van der Waals surface area contributed by atoms with Crippen LogP contribution in [0.5, 0.6) is 0 Å². The fraction of sp³-hybridized carbons (Fsp3) is 0.692. The predicted octanol–water partition coefficient (Wildman–Crippen LogP) is -1.04. The summed E-state index contributed by atoms with van der Waals surface area (Å²) < 4.78 is 4.97. The number of carbonyl (C=O) groups excluding carboxylic acids is 4. The number of hydrogen-bond donors (Lipinski definition) is 2. The molecule has 2 aliphatic heterocycles. The molecule has 8 nitrogen and oxygen atoms in total. The Hall–Kier alpha value is -2.12. The van der Waals surface area contributed by atoms with Gasteiger partial charge >= 0.3 is 5.97 Å². The maximum absolute atomic E-state index is 12.2. The van der Waals surface area contributed by atoms with E-state index >= 15 is 0 Å². The maximum atomic E-state index is 12.2. The van der Waals surface area contributed by atoms with Crippen LogP contribution in [0.1, 0.15) is 26.2 Å². The van der Waals surface area contributed by atoms with Crippen LogP contribution in [-0.2, 0) is 23.9 Å². The molecule has 2 heterocycles.